The summed E-state index contributed by atoms with van der Waals surface area (Å²) in [7, 11) is -2.26. The second kappa shape index (κ2) is 6.66. The van der Waals surface area contributed by atoms with E-state index in [2.05, 4.69) is 20.3 Å². The molecule has 0 radical (unpaired) electrons. The Hall–Kier alpha value is -1.96. The molecular formula is C13H19N3O4S. The van der Waals surface area contributed by atoms with Gasteiger partial charge in [-0.15, -0.1) is 0 Å². The SMILES string of the molecule is CNC(=O)ON=C(CS(=O)(=O)c1ccccn1)C(C)(C)C. The minimum atomic E-state index is -3.65. The molecule has 8 heteroatoms. The van der Waals surface area contributed by atoms with Crippen molar-refractivity contribution < 1.29 is 18.0 Å². The zero-order valence-electron chi connectivity index (χ0n) is 12.5. The quantitative estimate of drug-likeness (QED) is 0.517. The molecule has 1 N–H and O–H groups in total. The summed E-state index contributed by atoms with van der Waals surface area (Å²) in [5, 5.41) is 5.87. The van der Waals surface area contributed by atoms with Gasteiger partial charge in [0.2, 0.25) is 9.84 Å². The predicted molar refractivity (Wildman–Crippen MR) is 78.7 cm³/mol. The van der Waals surface area contributed by atoms with Gasteiger partial charge in [0.1, 0.15) is 0 Å². The molecule has 1 amide bonds. The van der Waals surface area contributed by atoms with Crippen molar-refractivity contribution in [3.63, 3.8) is 0 Å². The Bertz CT molecular complexity index is 619. The Balaban J connectivity index is 3.05. The Morgan fingerprint density at radius 3 is 2.52 bits per heavy atom. The van der Waals surface area contributed by atoms with Crippen LogP contribution < -0.4 is 5.32 Å². The molecule has 1 rings (SSSR count). The third-order valence-electron chi connectivity index (χ3n) is 2.59. The van der Waals surface area contributed by atoms with Crippen molar-refractivity contribution in [1.29, 1.82) is 0 Å². The van der Waals surface area contributed by atoms with E-state index < -0.39 is 21.3 Å². The number of rotatable bonds is 4. The van der Waals surface area contributed by atoms with E-state index in [1.165, 1.54) is 19.3 Å². The summed E-state index contributed by atoms with van der Waals surface area (Å²) >= 11 is 0. The van der Waals surface area contributed by atoms with E-state index in [1.54, 1.807) is 32.9 Å². The van der Waals surface area contributed by atoms with Crippen molar-refractivity contribution in [1.82, 2.24) is 10.3 Å². The van der Waals surface area contributed by atoms with E-state index in [-0.39, 0.29) is 16.5 Å². The number of hydrogen-bond acceptors (Lipinski definition) is 6. The van der Waals surface area contributed by atoms with Crippen LogP contribution in [0.3, 0.4) is 0 Å². The molecule has 1 aromatic rings. The van der Waals surface area contributed by atoms with Crippen molar-refractivity contribution in [2.24, 2.45) is 10.6 Å². The van der Waals surface area contributed by atoms with Crippen LogP contribution in [0.5, 0.6) is 0 Å². The van der Waals surface area contributed by atoms with Gasteiger partial charge < -0.3 is 5.32 Å². The zero-order chi connectivity index (χ0) is 16.1. The number of nitrogens with one attached hydrogen (secondary N) is 1. The highest BCUT2D eigenvalue weighted by Crippen LogP contribution is 2.20. The molecule has 21 heavy (non-hydrogen) atoms. The van der Waals surface area contributed by atoms with Gasteiger partial charge in [-0.25, -0.2) is 18.2 Å². The molecule has 0 aliphatic carbocycles. The lowest BCUT2D eigenvalue weighted by Crippen LogP contribution is -2.30. The molecule has 0 saturated carbocycles. The van der Waals surface area contributed by atoms with Crippen molar-refractivity contribution in [3.8, 4) is 0 Å². The van der Waals surface area contributed by atoms with Gasteiger partial charge in [-0.3, -0.25) is 4.84 Å². The van der Waals surface area contributed by atoms with Crippen molar-refractivity contribution >= 4 is 21.6 Å². The second-order valence-electron chi connectivity index (χ2n) is 5.34. The second-order valence-corrected chi connectivity index (χ2v) is 7.28. The van der Waals surface area contributed by atoms with Crippen LogP contribution in [0.4, 0.5) is 4.79 Å². The number of hydrogen-bond donors (Lipinski definition) is 1. The molecule has 0 spiro atoms. The number of carbonyl (C=O) groups excluding carboxylic acids is 1. The van der Waals surface area contributed by atoms with E-state index in [1.807, 2.05) is 0 Å². The summed E-state index contributed by atoms with van der Waals surface area (Å²) < 4.78 is 24.6. The minimum absolute atomic E-state index is 0.0399. The fourth-order valence-corrected chi connectivity index (χ4v) is 2.81. The lowest BCUT2D eigenvalue weighted by Gasteiger charge is -2.20. The number of pyridine rings is 1. The topological polar surface area (TPSA) is 97.7 Å². The largest absolute Gasteiger partial charge is 0.433 e. The number of sulfone groups is 1. The molecular weight excluding hydrogens is 294 g/mol. The van der Waals surface area contributed by atoms with Crippen LogP contribution in [0, 0.1) is 5.41 Å². The lowest BCUT2D eigenvalue weighted by atomic mass is 9.91. The van der Waals surface area contributed by atoms with E-state index in [9.17, 15) is 13.2 Å². The molecule has 7 nitrogen and oxygen atoms in total. The third-order valence-corrected chi connectivity index (χ3v) is 4.12. The summed E-state index contributed by atoms with van der Waals surface area (Å²) in [6.07, 6.45) is 0.647. The smallest absolute Gasteiger partial charge is 0.323 e. The monoisotopic (exact) mass is 313 g/mol. The molecule has 0 bridgehead atoms. The van der Waals surface area contributed by atoms with E-state index >= 15 is 0 Å². The van der Waals surface area contributed by atoms with Gasteiger partial charge in [-0.05, 0) is 12.1 Å². The summed E-state index contributed by atoms with van der Waals surface area (Å²) in [5.41, 5.74) is -0.340. The number of nitrogens with zero attached hydrogens (tertiary/aromatic N) is 2. The highest BCUT2D eigenvalue weighted by Gasteiger charge is 2.28. The van der Waals surface area contributed by atoms with Crippen LogP contribution in [0.25, 0.3) is 0 Å². The zero-order valence-corrected chi connectivity index (χ0v) is 13.3. The standard InChI is InChI=1S/C13H19N3O4S/c1-13(2,3)10(16-20-12(17)14-4)9-21(18,19)11-7-5-6-8-15-11/h5-8H,9H2,1-4H3,(H,14,17). The van der Waals surface area contributed by atoms with E-state index in [0.717, 1.165) is 0 Å². The molecule has 0 unspecified atom stereocenters. The fourth-order valence-electron chi connectivity index (χ4n) is 1.31. The third kappa shape index (κ3) is 5.14. The summed E-state index contributed by atoms with van der Waals surface area (Å²) in [5.74, 6) is -0.371. The highest BCUT2D eigenvalue weighted by molar-refractivity contribution is 7.92. The van der Waals surface area contributed by atoms with Gasteiger partial charge in [-0.2, -0.15) is 0 Å². The van der Waals surface area contributed by atoms with Gasteiger partial charge in [0.15, 0.2) is 5.03 Å². The molecule has 0 saturated heterocycles. The van der Waals surface area contributed by atoms with Gasteiger partial charge in [-0.1, -0.05) is 32.0 Å². The maximum atomic E-state index is 12.3. The molecule has 1 heterocycles. The number of carbonyl (C=O) groups is 1. The van der Waals surface area contributed by atoms with Gasteiger partial charge in [0.05, 0.1) is 11.5 Å². The molecule has 0 aliphatic heterocycles. The summed E-state index contributed by atoms with van der Waals surface area (Å²) in [4.78, 5) is 19.5. The Labute approximate surface area is 124 Å². The molecule has 0 fully saturated rings. The molecule has 0 atom stereocenters. The predicted octanol–water partition coefficient (Wildman–Crippen LogP) is 1.61. The maximum absolute atomic E-state index is 12.3. The van der Waals surface area contributed by atoms with Crippen molar-refractivity contribution in [2.75, 3.05) is 12.8 Å². The summed E-state index contributed by atoms with van der Waals surface area (Å²) in [6, 6.07) is 4.64. The molecule has 0 aliphatic rings. The van der Waals surface area contributed by atoms with Crippen LogP contribution in [0.15, 0.2) is 34.6 Å². The van der Waals surface area contributed by atoms with Crippen molar-refractivity contribution in [3.05, 3.63) is 24.4 Å². The fraction of sp³-hybridized carbons (Fsp3) is 0.462. The lowest BCUT2D eigenvalue weighted by molar-refractivity contribution is 0.151. The van der Waals surface area contributed by atoms with E-state index in [0.29, 0.717) is 0 Å². The van der Waals surface area contributed by atoms with Gasteiger partial charge >= 0.3 is 6.09 Å². The first-order valence-electron chi connectivity index (χ1n) is 6.26. The Morgan fingerprint density at radius 2 is 2.05 bits per heavy atom. The average Bonchev–Trinajstić information content (AvgIpc) is 2.42. The van der Waals surface area contributed by atoms with Gasteiger partial charge in [0, 0.05) is 18.7 Å². The van der Waals surface area contributed by atoms with Crippen LogP contribution in [-0.4, -0.2) is 38.0 Å². The number of oxime groups is 1. The maximum Gasteiger partial charge on any atom is 0.433 e. The summed E-state index contributed by atoms with van der Waals surface area (Å²) in [6.45, 7) is 5.35. The van der Waals surface area contributed by atoms with E-state index in [4.69, 9.17) is 0 Å². The molecule has 1 aromatic heterocycles. The first-order chi connectivity index (χ1) is 9.66. The number of amides is 1. The normalized spacial score (nSPS) is 12.9. The minimum Gasteiger partial charge on any atom is -0.323 e. The first-order valence-corrected chi connectivity index (χ1v) is 7.92. The highest BCUT2D eigenvalue weighted by atomic mass is 32.2. The first kappa shape index (κ1) is 17.1. The molecule has 116 valence electrons. The Morgan fingerprint density at radius 1 is 1.38 bits per heavy atom. The van der Waals surface area contributed by atoms with Crippen LogP contribution >= 0.6 is 0 Å². The van der Waals surface area contributed by atoms with Gasteiger partial charge in [0.25, 0.3) is 0 Å². The average molecular weight is 313 g/mol. The number of aromatic nitrogens is 1. The van der Waals surface area contributed by atoms with Crippen molar-refractivity contribution in [2.45, 2.75) is 25.8 Å². The van der Waals surface area contributed by atoms with Crippen LogP contribution in [0.2, 0.25) is 0 Å². The van der Waals surface area contributed by atoms with Crippen LogP contribution in [0.1, 0.15) is 20.8 Å². The molecule has 0 aromatic carbocycles. The van der Waals surface area contributed by atoms with Crippen LogP contribution in [-0.2, 0) is 14.7 Å². The Kier molecular flexibility index (Phi) is 5.42.